The molecule has 0 unspecified atom stereocenters. The van der Waals surface area contributed by atoms with Crippen molar-refractivity contribution in [2.75, 3.05) is 5.75 Å². The quantitative estimate of drug-likeness (QED) is 0.618. The lowest BCUT2D eigenvalue weighted by molar-refractivity contribution is 0.709. The molecule has 1 aromatic heterocycles. The minimum atomic E-state index is 0.880. The van der Waals surface area contributed by atoms with Gasteiger partial charge in [0.1, 0.15) is 0 Å². The molecule has 3 heteroatoms. The number of benzene rings is 2. The minimum Gasteiger partial charge on any atom is -0.321 e. The first kappa shape index (κ1) is 14.9. The third kappa shape index (κ3) is 3.80. The van der Waals surface area contributed by atoms with Gasteiger partial charge in [-0.25, -0.2) is 4.98 Å². The number of hydrogen-bond acceptors (Lipinski definition) is 2. The van der Waals surface area contributed by atoms with E-state index in [-0.39, 0.29) is 0 Å². The second-order valence-electron chi connectivity index (χ2n) is 5.22. The van der Waals surface area contributed by atoms with E-state index < -0.39 is 0 Å². The highest BCUT2D eigenvalue weighted by Crippen LogP contribution is 2.20. The van der Waals surface area contributed by atoms with Crippen LogP contribution in [0.15, 0.2) is 72.0 Å². The van der Waals surface area contributed by atoms with Crippen LogP contribution in [0.5, 0.6) is 0 Å². The van der Waals surface area contributed by atoms with E-state index in [2.05, 4.69) is 78.4 Å². The van der Waals surface area contributed by atoms with Crippen LogP contribution in [0.4, 0.5) is 0 Å². The number of rotatable bonds is 6. The molecular weight excluding hydrogens is 288 g/mol. The van der Waals surface area contributed by atoms with Gasteiger partial charge in [0.05, 0.1) is 5.69 Å². The van der Waals surface area contributed by atoms with Crippen LogP contribution in [0.25, 0.3) is 0 Å². The molecule has 2 nitrogen and oxygen atoms in total. The zero-order valence-corrected chi connectivity index (χ0v) is 13.6. The van der Waals surface area contributed by atoms with Crippen LogP contribution >= 0.6 is 11.8 Å². The molecule has 0 aliphatic rings. The van der Waals surface area contributed by atoms with Crippen molar-refractivity contribution in [3.63, 3.8) is 0 Å². The molecule has 0 N–H and O–H groups in total. The van der Waals surface area contributed by atoms with E-state index >= 15 is 0 Å². The third-order valence-electron chi connectivity index (χ3n) is 3.49. The summed E-state index contributed by atoms with van der Waals surface area (Å²) in [5, 5.41) is 1.11. The molecule has 0 spiro atoms. The van der Waals surface area contributed by atoms with Gasteiger partial charge in [-0.15, -0.1) is 0 Å². The van der Waals surface area contributed by atoms with Gasteiger partial charge in [0.15, 0.2) is 5.16 Å². The van der Waals surface area contributed by atoms with E-state index in [0.29, 0.717) is 0 Å². The van der Waals surface area contributed by atoms with Crippen LogP contribution < -0.4 is 0 Å². The number of aromatic nitrogens is 2. The SMILES string of the molecule is CCSc1nc(Cc2ccccc2)cn1Cc1ccccc1. The van der Waals surface area contributed by atoms with Gasteiger partial charge in [-0.3, -0.25) is 0 Å². The van der Waals surface area contributed by atoms with Crippen LogP contribution in [0.3, 0.4) is 0 Å². The van der Waals surface area contributed by atoms with E-state index in [1.807, 2.05) is 0 Å². The Morgan fingerprint density at radius 2 is 1.55 bits per heavy atom. The summed E-state index contributed by atoms with van der Waals surface area (Å²) >= 11 is 1.80. The van der Waals surface area contributed by atoms with Gasteiger partial charge in [-0.05, 0) is 16.9 Å². The van der Waals surface area contributed by atoms with E-state index in [1.165, 1.54) is 11.1 Å². The normalized spacial score (nSPS) is 10.8. The highest BCUT2D eigenvalue weighted by molar-refractivity contribution is 7.99. The van der Waals surface area contributed by atoms with E-state index in [1.54, 1.807) is 11.8 Å². The molecule has 0 fully saturated rings. The Kier molecular flexibility index (Phi) is 4.96. The molecule has 1 heterocycles. The summed E-state index contributed by atoms with van der Waals surface area (Å²) in [5.41, 5.74) is 3.75. The Labute approximate surface area is 136 Å². The van der Waals surface area contributed by atoms with Gasteiger partial charge in [-0.2, -0.15) is 0 Å². The summed E-state index contributed by atoms with van der Waals surface area (Å²) in [6.07, 6.45) is 3.08. The zero-order valence-electron chi connectivity index (χ0n) is 12.8. The topological polar surface area (TPSA) is 17.8 Å². The first-order valence-electron chi connectivity index (χ1n) is 7.62. The maximum atomic E-state index is 4.82. The fourth-order valence-electron chi connectivity index (χ4n) is 2.48. The highest BCUT2D eigenvalue weighted by Gasteiger charge is 2.09. The molecule has 0 saturated heterocycles. The first-order chi connectivity index (χ1) is 10.8. The van der Waals surface area contributed by atoms with Crippen molar-refractivity contribution in [3.05, 3.63) is 83.7 Å². The molecule has 0 bridgehead atoms. The highest BCUT2D eigenvalue weighted by atomic mass is 32.2. The van der Waals surface area contributed by atoms with Crippen molar-refractivity contribution < 1.29 is 0 Å². The van der Waals surface area contributed by atoms with E-state index in [0.717, 1.165) is 29.6 Å². The molecule has 22 heavy (non-hydrogen) atoms. The molecule has 0 radical (unpaired) electrons. The fraction of sp³-hybridized carbons (Fsp3) is 0.211. The molecule has 3 aromatic rings. The molecule has 0 aliphatic carbocycles. The summed E-state index contributed by atoms with van der Waals surface area (Å²) in [5.74, 6) is 1.04. The predicted octanol–water partition coefficient (Wildman–Crippen LogP) is 4.63. The van der Waals surface area contributed by atoms with Crippen molar-refractivity contribution in [2.45, 2.75) is 25.0 Å². The van der Waals surface area contributed by atoms with Crippen LogP contribution in [0, 0.1) is 0 Å². The lowest BCUT2D eigenvalue weighted by Crippen LogP contribution is -2.00. The smallest absolute Gasteiger partial charge is 0.168 e. The van der Waals surface area contributed by atoms with Crippen molar-refractivity contribution in [1.82, 2.24) is 9.55 Å². The standard InChI is InChI=1S/C19H20N2S/c1-2-22-19-20-18(13-16-9-5-3-6-10-16)15-21(19)14-17-11-7-4-8-12-17/h3-12,15H,2,13-14H2,1H3. The number of imidazole rings is 1. The second kappa shape index (κ2) is 7.32. The third-order valence-corrected chi connectivity index (χ3v) is 4.36. The van der Waals surface area contributed by atoms with Gasteiger partial charge in [-0.1, -0.05) is 79.3 Å². The molecule has 0 saturated carbocycles. The molecular formula is C19H20N2S. The van der Waals surface area contributed by atoms with Crippen LogP contribution in [-0.4, -0.2) is 15.3 Å². The zero-order chi connectivity index (χ0) is 15.2. The monoisotopic (exact) mass is 308 g/mol. The van der Waals surface area contributed by atoms with E-state index in [9.17, 15) is 0 Å². The Morgan fingerprint density at radius 1 is 0.909 bits per heavy atom. The lowest BCUT2D eigenvalue weighted by atomic mass is 10.1. The maximum Gasteiger partial charge on any atom is 0.168 e. The Balaban J connectivity index is 1.82. The molecule has 112 valence electrons. The lowest BCUT2D eigenvalue weighted by Gasteiger charge is -2.06. The molecule has 3 rings (SSSR count). The van der Waals surface area contributed by atoms with Crippen molar-refractivity contribution in [1.29, 1.82) is 0 Å². The molecule has 0 atom stereocenters. The van der Waals surface area contributed by atoms with Gasteiger partial charge in [0, 0.05) is 19.2 Å². The molecule has 0 aliphatic heterocycles. The van der Waals surface area contributed by atoms with Crippen molar-refractivity contribution in [2.24, 2.45) is 0 Å². The average molecular weight is 308 g/mol. The Hall–Kier alpha value is -2.00. The summed E-state index contributed by atoms with van der Waals surface area (Å²) in [4.78, 5) is 4.82. The molecule has 0 amide bonds. The number of nitrogens with zero attached hydrogens (tertiary/aromatic N) is 2. The summed E-state index contributed by atoms with van der Waals surface area (Å²) in [7, 11) is 0. The van der Waals surface area contributed by atoms with Crippen molar-refractivity contribution in [3.8, 4) is 0 Å². The predicted molar refractivity (Wildman–Crippen MR) is 93.4 cm³/mol. The summed E-state index contributed by atoms with van der Waals surface area (Å²) in [6.45, 7) is 3.05. The van der Waals surface area contributed by atoms with Gasteiger partial charge >= 0.3 is 0 Å². The Bertz CT molecular complexity index is 705. The average Bonchev–Trinajstić information content (AvgIpc) is 2.91. The first-order valence-corrected chi connectivity index (χ1v) is 8.60. The van der Waals surface area contributed by atoms with Gasteiger partial charge in [0.2, 0.25) is 0 Å². The van der Waals surface area contributed by atoms with Crippen LogP contribution in [-0.2, 0) is 13.0 Å². The van der Waals surface area contributed by atoms with Crippen molar-refractivity contribution >= 4 is 11.8 Å². The fourth-order valence-corrected chi connectivity index (χ4v) is 3.20. The number of thioether (sulfide) groups is 1. The Morgan fingerprint density at radius 3 is 2.18 bits per heavy atom. The number of hydrogen-bond donors (Lipinski definition) is 0. The van der Waals surface area contributed by atoms with Gasteiger partial charge in [0.25, 0.3) is 0 Å². The van der Waals surface area contributed by atoms with E-state index in [4.69, 9.17) is 4.98 Å². The second-order valence-corrected chi connectivity index (χ2v) is 6.45. The van der Waals surface area contributed by atoms with Crippen LogP contribution in [0.1, 0.15) is 23.7 Å². The maximum absolute atomic E-state index is 4.82. The summed E-state index contributed by atoms with van der Waals surface area (Å²) < 4.78 is 2.27. The minimum absolute atomic E-state index is 0.880. The summed E-state index contributed by atoms with van der Waals surface area (Å²) in [6, 6.07) is 21.1. The van der Waals surface area contributed by atoms with Crippen LogP contribution in [0.2, 0.25) is 0 Å². The largest absolute Gasteiger partial charge is 0.321 e. The molecule has 2 aromatic carbocycles. The van der Waals surface area contributed by atoms with Gasteiger partial charge < -0.3 is 4.57 Å².